The zero-order chi connectivity index (χ0) is 11.1. The molecule has 2 nitrogen and oxygen atoms in total. The number of halogens is 1. The van der Waals surface area contributed by atoms with Crippen molar-refractivity contribution < 1.29 is 4.74 Å². The van der Waals surface area contributed by atoms with E-state index in [0.29, 0.717) is 0 Å². The summed E-state index contributed by atoms with van der Waals surface area (Å²) in [6.07, 6.45) is 1.87. The Hall–Kier alpha value is -0.990. The number of methoxy groups -OCH3 is 1. The van der Waals surface area contributed by atoms with Crippen LogP contribution in [0.2, 0.25) is 0 Å². The van der Waals surface area contributed by atoms with Crippen LogP contribution in [0.3, 0.4) is 0 Å². The molecule has 0 amide bonds. The first kappa shape index (κ1) is 12.1. The van der Waals surface area contributed by atoms with Crippen LogP contribution in [0.5, 0.6) is 5.75 Å². The summed E-state index contributed by atoms with van der Waals surface area (Å²) in [5.74, 6) is 0.910. The predicted molar refractivity (Wildman–Crippen MR) is 64.4 cm³/mol. The number of nitrogens with one attached hydrogen (secondary N) is 1. The number of ether oxygens (including phenoxy) is 1. The maximum Gasteiger partial charge on any atom is 0.123 e. The summed E-state index contributed by atoms with van der Waals surface area (Å²) in [5.41, 5.74) is 2.67. The molecule has 0 aliphatic rings. The minimum Gasteiger partial charge on any atom is -0.496 e. The molecule has 1 atom stereocenters. The first-order valence-corrected chi connectivity index (χ1v) is 5.34. The van der Waals surface area contributed by atoms with Crippen LogP contribution in [0.4, 0.5) is 0 Å². The van der Waals surface area contributed by atoms with Crippen LogP contribution in [0.15, 0.2) is 35.9 Å². The van der Waals surface area contributed by atoms with E-state index in [4.69, 9.17) is 16.3 Å². The standard InChI is InChI=1S/C12H16ClNO/c1-10(14-9-5-8-13)11-6-3-4-7-12(11)15-2/h3-8,10,14H,9H2,1-2H3/b8-5+/t10-/m0/s1. The van der Waals surface area contributed by atoms with Gasteiger partial charge in [0.15, 0.2) is 0 Å². The number of benzene rings is 1. The molecule has 0 aliphatic heterocycles. The van der Waals surface area contributed by atoms with Gasteiger partial charge in [-0.25, -0.2) is 0 Å². The smallest absolute Gasteiger partial charge is 0.123 e. The summed E-state index contributed by atoms with van der Waals surface area (Å²) in [4.78, 5) is 0. The SMILES string of the molecule is COc1ccccc1[C@H](C)NC/C=C/Cl. The highest BCUT2D eigenvalue weighted by Crippen LogP contribution is 2.23. The second-order valence-electron chi connectivity index (χ2n) is 3.23. The molecule has 0 spiro atoms. The van der Waals surface area contributed by atoms with Crippen molar-refractivity contribution in [1.29, 1.82) is 0 Å². The minimum atomic E-state index is 0.244. The zero-order valence-electron chi connectivity index (χ0n) is 9.03. The Labute approximate surface area is 95.9 Å². The molecule has 3 heteroatoms. The topological polar surface area (TPSA) is 21.3 Å². The first-order valence-electron chi connectivity index (χ1n) is 4.91. The van der Waals surface area contributed by atoms with Crippen LogP contribution in [0.1, 0.15) is 18.5 Å². The van der Waals surface area contributed by atoms with Gasteiger partial charge in [-0.3, -0.25) is 0 Å². The van der Waals surface area contributed by atoms with Crippen LogP contribution in [0.25, 0.3) is 0 Å². The zero-order valence-corrected chi connectivity index (χ0v) is 9.79. The maximum absolute atomic E-state index is 5.44. The van der Waals surface area contributed by atoms with Crippen LogP contribution in [0, 0.1) is 0 Å². The molecule has 1 rings (SSSR count). The molecular formula is C12H16ClNO. The van der Waals surface area contributed by atoms with Crippen molar-refractivity contribution in [1.82, 2.24) is 5.32 Å². The van der Waals surface area contributed by atoms with Crippen molar-refractivity contribution in [2.45, 2.75) is 13.0 Å². The second kappa shape index (κ2) is 6.49. The van der Waals surface area contributed by atoms with E-state index in [1.54, 1.807) is 7.11 Å². The Morgan fingerprint density at radius 3 is 2.87 bits per heavy atom. The highest BCUT2D eigenvalue weighted by Gasteiger charge is 2.08. The number of para-hydroxylation sites is 1. The van der Waals surface area contributed by atoms with E-state index >= 15 is 0 Å². The maximum atomic E-state index is 5.44. The molecule has 15 heavy (non-hydrogen) atoms. The second-order valence-corrected chi connectivity index (χ2v) is 3.49. The highest BCUT2D eigenvalue weighted by molar-refractivity contribution is 6.25. The normalized spacial score (nSPS) is 13.0. The summed E-state index contributed by atoms with van der Waals surface area (Å²) < 4.78 is 5.29. The lowest BCUT2D eigenvalue weighted by Gasteiger charge is -2.16. The quantitative estimate of drug-likeness (QED) is 0.832. The molecule has 0 saturated carbocycles. The fourth-order valence-corrected chi connectivity index (χ4v) is 1.51. The van der Waals surface area contributed by atoms with Gasteiger partial charge in [-0.05, 0) is 13.0 Å². The predicted octanol–water partition coefficient (Wildman–Crippen LogP) is 3.10. The molecule has 0 saturated heterocycles. The van der Waals surface area contributed by atoms with Gasteiger partial charge in [-0.1, -0.05) is 35.9 Å². The Morgan fingerprint density at radius 1 is 1.47 bits per heavy atom. The van der Waals surface area contributed by atoms with E-state index in [1.165, 1.54) is 5.54 Å². The van der Waals surface area contributed by atoms with Gasteiger partial charge in [0.25, 0.3) is 0 Å². The van der Waals surface area contributed by atoms with Gasteiger partial charge >= 0.3 is 0 Å². The lowest BCUT2D eigenvalue weighted by atomic mass is 10.1. The van der Waals surface area contributed by atoms with Crippen molar-refractivity contribution in [2.24, 2.45) is 0 Å². The van der Waals surface area contributed by atoms with Gasteiger partial charge in [0, 0.05) is 23.7 Å². The lowest BCUT2D eigenvalue weighted by Crippen LogP contribution is -2.18. The fourth-order valence-electron chi connectivity index (χ4n) is 1.42. The van der Waals surface area contributed by atoms with Gasteiger partial charge in [0.2, 0.25) is 0 Å². The van der Waals surface area contributed by atoms with Crippen molar-refractivity contribution in [3.8, 4) is 5.75 Å². The van der Waals surface area contributed by atoms with Crippen molar-refractivity contribution in [2.75, 3.05) is 13.7 Å². The van der Waals surface area contributed by atoms with Crippen LogP contribution in [-0.4, -0.2) is 13.7 Å². The molecule has 0 fully saturated rings. The molecule has 1 aromatic rings. The van der Waals surface area contributed by atoms with E-state index in [9.17, 15) is 0 Å². The van der Waals surface area contributed by atoms with E-state index in [1.807, 2.05) is 24.3 Å². The fraction of sp³-hybridized carbons (Fsp3) is 0.333. The van der Waals surface area contributed by atoms with Crippen LogP contribution in [-0.2, 0) is 0 Å². The molecular weight excluding hydrogens is 210 g/mol. The summed E-state index contributed by atoms with van der Waals surface area (Å²) in [5, 5.41) is 3.32. The van der Waals surface area contributed by atoms with E-state index in [-0.39, 0.29) is 6.04 Å². The highest BCUT2D eigenvalue weighted by atomic mass is 35.5. The number of hydrogen-bond donors (Lipinski definition) is 1. The Kier molecular flexibility index (Phi) is 5.22. The largest absolute Gasteiger partial charge is 0.496 e. The third kappa shape index (κ3) is 3.57. The van der Waals surface area contributed by atoms with Crippen molar-refractivity contribution in [3.05, 3.63) is 41.4 Å². The van der Waals surface area contributed by atoms with Crippen molar-refractivity contribution >= 4 is 11.6 Å². The molecule has 0 aromatic heterocycles. The molecule has 0 bridgehead atoms. The third-order valence-electron chi connectivity index (χ3n) is 2.24. The number of rotatable bonds is 5. The summed E-state index contributed by atoms with van der Waals surface area (Å²) in [6.45, 7) is 2.85. The minimum absolute atomic E-state index is 0.244. The molecule has 1 N–H and O–H groups in total. The van der Waals surface area contributed by atoms with E-state index < -0.39 is 0 Å². The molecule has 0 radical (unpaired) electrons. The molecule has 82 valence electrons. The first-order chi connectivity index (χ1) is 7.29. The average molecular weight is 226 g/mol. The third-order valence-corrected chi connectivity index (χ3v) is 2.41. The number of hydrogen-bond acceptors (Lipinski definition) is 2. The molecule has 1 aromatic carbocycles. The lowest BCUT2D eigenvalue weighted by molar-refractivity contribution is 0.403. The van der Waals surface area contributed by atoms with Gasteiger partial charge in [0.05, 0.1) is 7.11 Å². The van der Waals surface area contributed by atoms with Crippen LogP contribution < -0.4 is 10.1 Å². The van der Waals surface area contributed by atoms with Crippen LogP contribution >= 0.6 is 11.6 Å². The summed E-state index contributed by atoms with van der Waals surface area (Å²) in [7, 11) is 1.68. The van der Waals surface area contributed by atoms with Gasteiger partial charge < -0.3 is 10.1 Å². The molecule has 0 unspecified atom stereocenters. The molecule has 0 aliphatic carbocycles. The Bertz CT molecular complexity index is 325. The van der Waals surface area contributed by atoms with E-state index in [2.05, 4.69) is 18.3 Å². The molecule has 0 heterocycles. The Morgan fingerprint density at radius 2 is 2.20 bits per heavy atom. The average Bonchev–Trinajstić information content (AvgIpc) is 2.29. The summed E-state index contributed by atoms with van der Waals surface area (Å²) >= 11 is 5.44. The summed E-state index contributed by atoms with van der Waals surface area (Å²) in [6, 6.07) is 8.24. The Balaban J connectivity index is 2.67. The van der Waals surface area contributed by atoms with Gasteiger partial charge in [0.1, 0.15) is 5.75 Å². The van der Waals surface area contributed by atoms with Gasteiger partial charge in [-0.15, -0.1) is 0 Å². The van der Waals surface area contributed by atoms with Gasteiger partial charge in [-0.2, -0.15) is 0 Å². The van der Waals surface area contributed by atoms with E-state index in [0.717, 1.165) is 17.9 Å². The van der Waals surface area contributed by atoms with Crippen molar-refractivity contribution in [3.63, 3.8) is 0 Å². The monoisotopic (exact) mass is 225 g/mol.